The first-order valence-electron chi connectivity index (χ1n) is 6.40. The van der Waals surface area contributed by atoms with Gasteiger partial charge in [0.15, 0.2) is 0 Å². The molecule has 0 N–H and O–H groups in total. The molecular weight excluding hydrogens is 413 g/mol. The number of hydrogen-bond donors (Lipinski definition) is 0. The number of nitrogens with zero attached hydrogens (tertiary/aromatic N) is 3. The second-order valence-corrected chi connectivity index (χ2v) is 5.15. The van der Waals surface area contributed by atoms with E-state index in [1.54, 1.807) is 28.2 Å². The Bertz CT molecular complexity index is 228. The first-order valence-corrected chi connectivity index (χ1v) is 6.40. The monoisotopic (exact) mass is 447 g/mol. The third kappa shape index (κ3) is 26.7. The molecule has 0 bridgehead atoms. The third-order valence-electron chi connectivity index (χ3n) is 1.87. The molecule has 1 aliphatic rings. The Morgan fingerprint density at radius 3 is 1.80 bits per heavy atom. The summed E-state index contributed by atoms with van der Waals surface area (Å²) >= 11 is 0. The standard InChI is InChI=1S/C11H18N.2C2H6N.CH3.Hf/c1-11(2,3)12-9-8-10-6-4-5-7-10;2*1-3-2;;/h4-6H,7-9H2,1-3H3;2*1-2H3;1H3;/q4*-1;+4. The molecule has 0 aromatic heterocycles. The summed E-state index contributed by atoms with van der Waals surface area (Å²) in [6.45, 7) is 7.41. The van der Waals surface area contributed by atoms with Crippen molar-refractivity contribution in [3.8, 4) is 0 Å². The SMILES string of the molecule is CC(C)(C)[N-]CCC1=CC=CC1.C[N-]C.C[N-]C.[CH3-].[Hf+4]. The van der Waals surface area contributed by atoms with Crippen molar-refractivity contribution in [2.45, 2.75) is 39.2 Å². The molecule has 4 heteroatoms. The summed E-state index contributed by atoms with van der Waals surface area (Å²) in [6.07, 6.45) is 8.81. The van der Waals surface area contributed by atoms with Crippen LogP contribution in [0.15, 0.2) is 23.8 Å². The minimum Gasteiger partial charge on any atom is -0.668 e. The van der Waals surface area contributed by atoms with Crippen molar-refractivity contribution >= 4 is 0 Å². The van der Waals surface area contributed by atoms with Gasteiger partial charge in [-0.05, 0) is 6.42 Å². The predicted molar refractivity (Wildman–Crippen MR) is 91.3 cm³/mol. The van der Waals surface area contributed by atoms with E-state index in [9.17, 15) is 0 Å². The molecule has 0 atom stereocenters. The topological polar surface area (TPSA) is 42.3 Å². The average Bonchev–Trinajstić information content (AvgIpc) is 2.71. The molecule has 1 rings (SSSR count). The molecule has 0 aromatic carbocycles. The molecule has 3 nitrogen and oxygen atoms in total. The van der Waals surface area contributed by atoms with Gasteiger partial charge in [-0.3, -0.25) is 0 Å². The zero-order valence-electron chi connectivity index (χ0n) is 14.7. The van der Waals surface area contributed by atoms with E-state index in [-0.39, 0.29) is 38.8 Å². The van der Waals surface area contributed by atoms with Gasteiger partial charge in [0.05, 0.1) is 0 Å². The molecule has 0 spiro atoms. The zero-order chi connectivity index (χ0) is 14.4. The zero-order valence-corrected chi connectivity index (χ0v) is 18.3. The molecule has 0 aliphatic heterocycles. The van der Waals surface area contributed by atoms with Crippen molar-refractivity contribution in [1.82, 2.24) is 0 Å². The average molecular weight is 446 g/mol. The number of allylic oxidation sites excluding steroid dienone is 3. The normalized spacial score (nSPS) is 11.8. The minimum absolute atomic E-state index is 0. The van der Waals surface area contributed by atoms with E-state index in [4.69, 9.17) is 0 Å². The molecule has 0 saturated heterocycles. The molecular formula is C16H33HfN3. The summed E-state index contributed by atoms with van der Waals surface area (Å²) in [5.41, 5.74) is 1.65. The van der Waals surface area contributed by atoms with Gasteiger partial charge in [-0.15, -0.1) is 12.1 Å². The van der Waals surface area contributed by atoms with Crippen LogP contribution in [0.4, 0.5) is 0 Å². The first kappa shape index (κ1) is 28.4. The van der Waals surface area contributed by atoms with Gasteiger partial charge in [0.25, 0.3) is 0 Å². The fourth-order valence-corrected chi connectivity index (χ4v) is 1.21. The summed E-state index contributed by atoms with van der Waals surface area (Å²) in [4.78, 5) is 0. The second-order valence-electron chi connectivity index (χ2n) is 5.15. The van der Waals surface area contributed by atoms with Gasteiger partial charge in [0.1, 0.15) is 0 Å². The van der Waals surface area contributed by atoms with Crippen LogP contribution in [-0.4, -0.2) is 40.3 Å². The summed E-state index contributed by atoms with van der Waals surface area (Å²) in [5.74, 6) is 0. The van der Waals surface area contributed by atoms with Crippen LogP contribution >= 0.6 is 0 Å². The van der Waals surface area contributed by atoms with Crippen LogP contribution in [0, 0.1) is 7.43 Å². The largest absolute Gasteiger partial charge is 4.00 e. The fraction of sp³-hybridized carbons (Fsp3) is 0.688. The fourth-order valence-electron chi connectivity index (χ4n) is 1.21. The van der Waals surface area contributed by atoms with E-state index in [1.807, 2.05) is 0 Å². The van der Waals surface area contributed by atoms with Crippen LogP contribution in [0.3, 0.4) is 0 Å². The smallest absolute Gasteiger partial charge is 0.668 e. The van der Waals surface area contributed by atoms with Crippen LogP contribution in [0.25, 0.3) is 16.0 Å². The van der Waals surface area contributed by atoms with Gasteiger partial charge in [0.2, 0.25) is 0 Å². The van der Waals surface area contributed by atoms with Crippen LogP contribution in [0.5, 0.6) is 0 Å². The van der Waals surface area contributed by atoms with Crippen molar-refractivity contribution in [3.63, 3.8) is 0 Å². The van der Waals surface area contributed by atoms with E-state index in [0.717, 1.165) is 19.4 Å². The predicted octanol–water partition coefficient (Wildman–Crippen LogP) is 5.12. The maximum atomic E-state index is 4.55. The molecule has 0 heterocycles. The molecule has 116 valence electrons. The molecule has 1 aliphatic carbocycles. The van der Waals surface area contributed by atoms with Crippen molar-refractivity contribution in [1.29, 1.82) is 0 Å². The Labute approximate surface area is 146 Å². The Hall–Kier alpha value is 0.230. The molecule has 0 amide bonds. The number of rotatable bonds is 3. The Balaban J connectivity index is -0.000000139. The summed E-state index contributed by atoms with van der Waals surface area (Å²) in [7, 11) is 7.00. The molecule has 0 saturated carbocycles. The van der Waals surface area contributed by atoms with E-state index >= 15 is 0 Å². The second kappa shape index (κ2) is 19.2. The van der Waals surface area contributed by atoms with E-state index < -0.39 is 0 Å². The van der Waals surface area contributed by atoms with Gasteiger partial charge in [-0.2, -0.15) is 28.2 Å². The van der Waals surface area contributed by atoms with E-state index in [0.29, 0.717) is 0 Å². The maximum absolute atomic E-state index is 4.55. The molecule has 0 unspecified atom stereocenters. The van der Waals surface area contributed by atoms with Crippen LogP contribution in [-0.2, 0) is 25.8 Å². The first-order chi connectivity index (χ1) is 8.41. The van der Waals surface area contributed by atoms with Crippen molar-refractivity contribution in [3.05, 3.63) is 47.2 Å². The van der Waals surface area contributed by atoms with Crippen molar-refractivity contribution in [2.24, 2.45) is 0 Å². The van der Waals surface area contributed by atoms with Crippen molar-refractivity contribution in [2.75, 3.05) is 34.7 Å². The molecule has 20 heavy (non-hydrogen) atoms. The summed E-state index contributed by atoms with van der Waals surface area (Å²) < 4.78 is 0. The summed E-state index contributed by atoms with van der Waals surface area (Å²) in [5, 5.41) is 11.6. The number of hydrogen-bond acceptors (Lipinski definition) is 0. The minimum atomic E-state index is 0. The van der Waals surface area contributed by atoms with Crippen LogP contribution in [0.1, 0.15) is 33.6 Å². The summed E-state index contributed by atoms with van der Waals surface area (Å²) in [6, 6.07) is 0. The van der Waals surface area contributed by atoms with Crippen LogP contribution in [0.2, 0.25) is 0 Å². The third-order valence-corrected chi connectivity index (χ3v) is 1.87. The Morgan fingerprint density at radius 2 is 1.50 bits per heavy atom. The van der Waals surface area contributed by atoms with E-state index in [2.05, 4.69) is 54.9 Å². The van der Waals surface area contributed by atoms with Gasteiger partial charge < -0.3 is 23.4 Å². The van der Waals surface area contributed by atoms with Crippen LogP contribution < -0.4 is 0 Å². The van der Waals surface area contributed by atoms with Crippen molar-refractivity contribution < 1.29 is 25.8 Å². The Kier molecular flexibility index (Phi) is 27.3. The van der Waals surface area contributed by atoms with Gasteiger partial charge in [0, 0.05) is 0 Å². The van der Waals surface area contributed by atoms with Gasteiger partial charge >= 0.3 is 25.8 Å². The maximum Gasteiger partial charge on any atom is 4.00 e. The van der Waals surface area contributed by atoms with Gasteiger partial charge in [-0.25, -0.2) is 0 Å². The van der Waals surface area contributed by atoms with E-state index in [1.165, 1.54) is 5.57 Å². The van der Waals surface area contributed by atoms with Gasteiger partial charge in [-0.1, -0.05) is 51.0 Å². The quantitative estimate of drug-likeness (QED) is 0.427. The molecule has 0 radical (unpaired) electrons. The Morgan fingerprint density at radius 1 is 1.05 bits per heavy atom. The molecule has 0 fully saturated rings. The molecule has 0 aromatic rings.